The van der Waals surface area contributed by atoms with Crippen LogP contribution in [-0.2, 0) is 17.9 Å². The monoisotopic (exact) mass is 309 g/mol. The zero-order chi connectivity index (χ0) is 15.2. The van der Waals surface area contributed by atoms with Crippen molar-refractivity contribution in [1.82, 2.24) is 10.3 Å². The van der Waals surface area contributed by atoms with Gasteiger partial charge in [-0.1, -0.05) is 17.4 Å². The lowest BCUT2D eigenvalue weighted by molar-refractivity contribution is 0.181. The van der Waals surface area contributed by atoms with Gasteiger partial charge in [0, 0.05) is 30.8 Å². The minimum Gasteiger partial charge on any atom is -0.378 e. The minimum absolute atomic E-state index is 0.241. The van der Waals surface area contributed by atoms with E-state index in [0.717, 1.165) is 34.5 Å². The molecule has 2 aromatic rings. The van der Waals surface area contributed by atoms with Crippen LogP contribution in [-0.4, -0.2) is 25.7 Å². The zero-order valence-corrected chi connectivity index (χ0v) is 13.3. The molecule has 0 aliphatic heterocycles. The lowest BCUT2D eigenvalue weighted by Gasteiger charge is -2.19. The molecule has 1 aromatic carbocycles. The number of methoxy groups -OCH3 is 1. The molecule has 21 heavy (non-hydrogen) atoms. The summed E-state index contributed by atoms with van der Waals surface area (Å²) in [5, 5.41) is 4.00. The molecule has 0 fully saturated rings. The van der Waals surface area contributed by atoms with Gasteiger partial charge in [0.15, 0.2) is 5.13 Å². The molecule has 6 heteroatoms. The summed E-state index contributed by atoms with van der Waals surface area (Å²) in [5.41, 5.74) is 1.74. The highest BCUT2D eigenvalue weighted by Crippen LogP contribution is 2.32. The van der Waals surface area contributed by atoms with E-state index in [1.807, 2.05) is 24.9 Å². The molecule has 0 aliphatic carbocycles. The van der Waals surface area contributed by atoms with Crippen LogP contribution in [0.25, 0.3) is 0 Å². The van der Waals surface area contributed by atoms with Crippen molar-refractivity contribution in [2.24, 2.45) is 0 Å². The first-order chi connectivity index (χ1) is 10.2. The van der Waals surface area contributed by atoms with E-state index in [-0.39, 0.29) is 5.82 Å². The van der Waals surface area contributed by atoms with Gasteiger partial charge in [-0.05, 0) is 32.2 Å². The Morgan fingerprint density at radius 2 is 2.24 bits per heavy atom. The lowest BCUT2D eigenvalue weighted by atomic mass is 10.3. The van der Waals surface area contributed by atoms with Crippen molar-refractivity contribution in [1.29, 1.82) is 0 Å². The van der Waals surface area contributed by atoms with E-state index in [9.17, 15) is 4.39 Å². The van der Waals surface area contributed by atoms with Gasteiger partial charge in [0.1, 0.15) is 5.82 Å². The van der Waals surface area contributed by atoms with E-state index in [1.165, 1.54) is 12.1 Å². The van der Waals surface area contributed by atoms with Gasteiger partial charge in [0.2, 0.25) is 0 Å². The highest BCUT2D eigenvalue weighted by molar-refractivity contribution is 7.15. The number of hydrogen-bond acceptors (Lipinski definition) is 5. The van der Waals surface area contributed by atoms with Crippen molar-refractivity contribution in [3.05, 3.63) is 40.7 Å². The van der Waals surface area contributed by atoms with Gasteiger partial charge < -0.3 is 15.0 Å². The maximum absolute atomic E-state index is 13.4. The van der Waals surface area contributed by atoms with Crippen LogP contribution in [0.4, 0.5) is 15.2 Å². The molecule has 0 saturated heterocycles. The summed E-state index contributed by atoms with van der Waals surface area (Å²) in [6, 6.07) is 6.58. The predicted octanol–water partition coefficient (Wildman–Crippen LogP) is 3.31. The van der Waals surface area contributed by atoms with Crippen LogP contribution in [0.5, 0.6) is 0 Å². The second kappa shape index (κ2) is 7.49. The first kappa shape index (κ1) is 15.9. The molecule has 1 heterocycles. The Hall–Kier alpha value is -1.50. The summed E-state index contributed by atoms with van der Waals surface area (Å²) in [6.07, 6.45) is 0. The van der Waals surface area contributed by atoms with E-state index in [0.29, 0.717) is 6.61 Å². The highest BCUT2D eigenvalue weighted by atomic mass is 32.1. The summed E-state index contributed by atoms with van der Waals surface area (Å²) in [5.74, 6) is -0.241. The standard InChI is InChI=1S/C15H20FN3OS/c1-4-19(12-7-5-6-11(16)8-12)15-18-13(10-20-3)14(21-15)9-17-2/h5-8,17H,4,9-10H2,1-3H3. The van der Waals surface area contributed by atoms with Crippen molar-refractivity contribution < 1.29 is 9.13 Å². The molecule has 0 aliphatic rings. The van der Waals surface area contributed by atoms with Crippen LogP contribution in [0.3, 0.4) is 0 Å². The molecule has 1 aromatic heterocycles. The SMILES string of the molecule is CCN(c1cccc(F)c1)c1nc(COC)c(CNC)s1. The van der Waals surface area contributed by atoms with E-state index < -0.39 is 0 Å². The van der Waals surface area contributed by atoms with Crippen molar-refractivity contribution in [2.75, 3.05) is 25.6 Å². The quantitative estimate of drug-likeness (QED) is 0.851. The Kier molecular flexibility index (Phi) is 5.67. The number of aromatic nitrogens is 1. The zero-order valence-electron chi connectivity index (χ0n) is 12.5. The number of thiazole rings is 1. The fraction of sp³-hybridized carbons (Fsp3) is 0.400. The van der Waals surface area contributed by atoms with Crippen LogP contribution in [0.15, 0.2) is 24.3 Å². The third-order valence-electron chi connectivity index (χ3n) is 3.05. The Bertz CT molecular complexity index is 565. The van der Waals surface area contributed by atoms with E-state index >= 15 is 0 Å². The highest BCUT2D eigenvalue weighted by Gasteiger charge is 2.16. The average molecular weight is 309 g/mol. The van der Waals surface area contributed by atoms with Gasteiger partial charge >= 0.3 is 0 Å². The van der Waals surface area contributed by atoms with Crippen molar-refractivity contribution >= 4 is 22.2 Å². The largest absolute Gasteiger partial charge is 0.378 e. The predicted molar refractivity (Wildman–Crippen MR) is 84.7 cm³/mol. The minimum atomic E-state index is -0.241. The second-order valence-electron chi connectivity index (χ2n) is 4.55. The summed E-state index contributed by atoms with van der Waals surface area (Å²) in [7, 11) is 3.56. The van der Waals surface area contributed by atoms with Gasteiger partial charge in [-0.25, -0.2) is 9.37 Å². The number of benzene rings is 1. The second-order valence-corrected chi connectivity index (χ2v) is 5.62. The molecule has 0 atom stereocenters. The van der Waals surface area contributed by atoms with Gasteiger partial charge in [-0.2, -0.15) is 0 Å². The molecule has 0 amide bonds. The van der Waals surface area contributed by atoms with Crippen LogP contribution < -0.4 is 10.2 Å². The van der Waals surface area contributed by atoms with Crippen molar-refractivity contribution in [3.8, 4) is 0 Å². The maximum Gasteiger partial charge on any atom is 0.190 e. The topological polar surface area (TPSA) is 37.4 Å². The summed E-state index contributed by atoms with van der Waals surface area (Å²) < 4.78 is 18.6. The summed E-state index contributed by atoms with van der Waals surface area (Å²) >= 11 is 1.61. The molecule has 0 bridgehead atoms. The number of nitrogens with one attached hydrogen (secondary N) is 1. The smallest absolute Gasteiger partial charge is 0.190 e. The van der Waals surface area contributed by atoms with E-state index in [1.54, 1.807) is 24.5 Å². The lowest BCUT2D eigenvalue weighted by Crippen LogP contribution is -2.15. The summed E-state index contributed by atoms with van der Waals surface area (Å²) in [6.45, 7) is 3.98. The Labute approximate surface area is 128 Å². The van der Waals surface area contributed by atoms with E-state index in [2.05, 4.69) is 10.3 Å². The van der Waals surface area contributed by atoms with Crippen LogP contribution in [0, 0.1) is 5.82 Å². The molecule has 1 N–H and O–H groups in total. The van der Waals surface area contributed by atoms with Crippen LogP contribution in [0.1, 0.15) is 17.5 Å². The third kappa shape index (κ3) is 3.78. The number of anilines is 2. The van der Waals surface area contributed by atoms with Crippen LogP contribution >= 0.6 is 11.3 Å². The number of ether oxygens (including phenoxy) is 1. The Morgan fingerprint density at radius 1 is 1.43 bits per heavy atom. The van der Waals surface area contributed by atoms with Crippen LogP contribution in [0.2, 0.25) is 0 Å². The molecule has 0 saturated carbocycles. The van der Waals surface area contributed by atoms with E-state index in [4.69, 9.17) is 4.74 Å². The molecule has 114 valence electrons. The molecular weight excluding hydrogens is 289 g/mol. The molecule has 4 nitrogen and oxygen atoms in total. The van der Waals surface area contributed by atoms with Crippen molar-refractivity contribution in [3.63, 3.8) is 0 Å². The Balaban J connectivity index is 2.35. The fourth-order valence-corrected chi connectivity index (χ4v) is 3.27. The fourth-order valence-electron chi connectivity index (χ4n) is 2.11. The molecule has 0 spiro atoms. The molecule has 0 radical (unpaired) electrons. The average Bonchev–Trinajstić information content (AvgIpc) is 2.84. The van der Waals surface area contributed by atoms with Gasteiger partial charge in [0.25, 0.3) is 0 Å². The molecule has 0 unspecified atom stereocenters. The maximum atomic E-state index is 13.4. The number of rotatable bonds is 7. The third-order valence-corrected chi connectivity index (χ3v) is 4.17. The van der Waals surface area contributed by atoms with Gasteiger partial charge in [-0.3, -0.25) is 0 Å². The van der Waals surface area contributed by atoms with Gasteiger partial charge in [0.05, 0.1) is 12.3 Å². The number of hydrogen-bond donors (Lipinski definition) is 1. The normalized spacial score (nSPS) is 10.9. The Morgan fingerprint density at radius 3 is 2.86 bits per heavy atom. The summed E-state index contributed by atoms with van der Waals surface area (Å²) in [4.78, 5) is 7.80. The van der Waals surface area contributed by atoms with Gasteiger partial charge in [-0.15, -0.1) is 0 Å². The first-order valence-corrected chi connectivity index (χ1v) is 7.66. The first-order valence-electron chi connectivity index (χ1n) is 6.84. The number of nitrogens with zero attached hydrogens (tertiary/aromatic N) is 2. The van der Waals surface area contributed by atoms with Crippen molar-refractivity contribution in [2.45, 2.75) is 20.1 Å². The molecule has 2 rings (SSSR count). The molecular formula is C15H20FN3OS. The number of halogens is 1.